The van der Waals surface area contributed by atoms with Crippen molar-refractivity contribution in [3.63, 3.8) is 0 Å². The number of hydrogen-bond acceptors (Lipinski definition) is 4. The van der Waals surface area contributed by atoms with E-state index < -0.39 is 0 Å². The Morgan fingerprint density at radius 1 is 1.60 bits per heavy atom. The minimum atomic E-state index is 0.151. The van der Waals surface area contributed by atoms with Crippen molar-refractivity contribution in [3.8, 4) is 0 Å². The van der Waals surface area contributed by atoms with Crippen LogP contribution in [0.1, 0.15) is 57.8 Å². The Morgan fingerprint density at radius 3 is 2.80 bits per heavy atom. The van der Waals surface area contributed by atoms with Crippen LogP contribution in [-0.2, 0) is 0 Å². The molecule has 1 aliphatic carbocycles. The van der Waals surface area contributed by atoms with Crippen LogP contribution in [0, 0.1) is 5.41 Å². The quantitative estimate of drug-likeness (QED) is 0.826. The second-order valence-electron chi connectivity index (χ2n) is 5.02. The Bertz CT molecular complexity index is 345. The van der Waals surface area contributed by atoms with Crippen LogP contribution in [-0.4, -0.2) is 16.7 Å². The molecule has 1 fully saturated rings. The molecule has 1 aliphatic rings. The summed E-state index contributed by atoms with van der Waals surface area (Å²) in [5, 5.41) is 7.31. The summed E-state index contributed by atoms with van der Waals surface area (Å²) in [6.07, 6.45) is 1.17. The lowest BCUT2D eigenvalue weighted by Crippen LogP contribution is -2.17. The zero-order valence-electron chi connectivity index (χ0n) is 9.87. The van der Waals surface area contributed by atoms with Gasteiger partial charge in [-0.15, -0.1) is 0 Å². The van der Waals surface area contributed by atoms with E-state index in [1.165, 1.54) is 6.42 Å². The van der Waals surface area contributed by atoms with Crippen LogP contribution in [0.25, 0.3) is 0 Å². The van der Waals surface area contributed by atoms with Gasteiger partial charge in [0.25, 0.3) is 0 Å². The molecule has 0 saturated heterocycles. The Morgan fingerprint density at radius 2 is 2.27 bits per heavy atom. The first-order chi connectivity index (χ1) is 7.04. The molecule has 0 aliphatic heterocycles. The second-order valence-corrected chi connectivity index (χ2v) is 5.02. The molecule has 2 unspecified atom stereocenters. The molecule has 0 amide bonds. The lowest BCUT2D eigenvalue weighted by Gasteiger charge is -2.05. The molecular formula is C11H19N3O. The summed E-state index contributed by atoms with van der Waals surface area (Å²) in [5.74, 6) is 2.07. The number of rotatable bonds is 4. The SMILES string of the molecule is CCNC(C)c1nc(C2CC2(C)C)no1. The molecule has 2 atom stereocenters. The van der Waals surface area contributed by atoms with Crippen LogP contribution < -0.4 is 5.32 Å². The predicted molar refractivity (Wildman–Crippen MR) is 57.5 cm³/mol. The van der Waals surface area contributed by atoms with Crippen LogP contribution in [0.5, 0.6) is 0 Å². The second kappa shape index (κ2) is 3.59. The van der Waals surface area contributed by atoms with E-state index in [2.05, 4.69) is 36.2 Å². The maximum atomic E-state index is 5.25. The average Bonchev–Trinajstić information content (AvgIpc) is 2.66. The molecule has 0 radical (unpaired) electrons. The van der Waals surface area contributed by atoms with E-state index in [0.29, 0.717) is 17.2 Å². The van der Waals surface area contributed by atoms with Gasteiger partial charge in [0.1, 0.15) is 0 Å². The third-order valence-electron chi connectivity index (χ3n) is 3.16. The molecule has 15 heavy (non-hydrogen) atoms. The normalized spacial score (nSPS) is 25.2. The van der Waals surface area contributed by atoms with Gasteiger partial charge in [-0.1, -0.05) is 25.9 Å². The van der Waals surface area contributed by atoms with Crippen molar-refractivity contribution >= 4 is 0 Å². The molecule has 2 rings (SSSR count). The highest BCUT2D eigenvalue weighted by Crippen LogP contribution is 2.57. The number of nitrogens with zero attached hydrogens (tertiary/aromatic N) is 2. The van der Waals surface area contributed by atoms with Gasteiger partial charge in [-0.3, -0.25) is 0 Å². The van der Waals surface area contributed by atoms with Gasteiger partial charge >= 0.3 is 0 Å². The standard InChI is InChI=1S/C11H19N3O/c1-5-12-7(2)10-13-9(14-15-10)8-6-11(8,3)4/h7-8,12H,5-6H2,1-4H3. The zero-order chi connectivity index (χ0) is 11.1. The summed E-state index contributed by atoms with van der Waals surface area (Å²) < 4.78 is 5.25. The highest BCUT2D eigenvalue weighted by atomic mass is 16.5. The fourth-order valence-electron chi connectivity index (χ4n) is 1.87. The van der Waals surface area contributed by atoms with Crippen molar-refractivity contribution in [3.05, 3.63) is 11.7 Å². The van der Waals surface area contributed by atoms with Crippen LogP contribution in [0.3, 0.4) is 0 Å². The largest absolute Gasteiger partial charge is 0.338 e. The molecule has 1 aromatic heterocycles. The molecule has 1 heterocycles. The van der Waals surface area contributed by atoms with E-state index in [9.17, 15) is 0 Å². The van der Waals surface area contributed by atoms with Crippen molar-refractivity contribution in [1.29, 1.82) is 0 Å². The Hall–Kier alpha value is -0.900. The maximum Gasteiger partial charge on any atom is 0.243 e. The van der Waals surface area contributed by atoms with Gasteiger partial charge in [-0.2, -0.15) is 4.98 Å². The predicted octanol–water partition coefficient (Wildman–Crippen LogP) is 2.25. The van der Waals surface area contributed by atoms with Gasteiger partial charge in [0, 0.05) is 5.92 Å². The molecule has 4 nitrogen and oxygen atoms in total. The van der Waals surface area contributed by atoms with Gasteiger partial charge in [0.05, 0.1) is 6.04 Å². The van der Waals surface area contributed by atoms with Gasteiger partial charge in [0.15, 0.2) is 5.82 Å². The molecule has 1 aromatic rings. The lowest BCUT2D eigenvalue weighted by atomic mass is 10.1. The minimum absolute atomic E-state index is 0.151. The number of hydrogen-bond donors (Lipinski definition) is 1. The van der Waals surface area contributed by atoms with Crippen molar-refractivity contribution in [2.45, 2.75) is 46.1 Å². The molecule has 4 heteroatoms. The van der Waals surface area contributed by atoms with Crippen LogP contribution in [0.4, 0.5) is 0 Å². The zero-order valence-corrected chi connectivity index (χ0v) is 9.87. The van der Waals surface area contributed by atoms with E-state index in [1.54, 1.807) is 0 Å². The van der Waals surface area contributed by atoms with Gasteiger partial charge in [-0.05, 0) is 25.3 Å². The molecule has 1 saturated carbocycles. The van der Waals surface area contributed by atoms with Crippen LogP contribution in [0.2, 0.25) is 0 Å². The fourth-order valence-corrected chi connectivity index (χ4v) is 1.87. The Labute approximate surface area is 90.4 Å². The highest BCUT2D eigenvalue weighted by molar-refractivity contribution is 5.14. The summed E-state index contributed by atoms with van der Waals surface area (Å²) in [5.41, 5.74) is 0.364. The van der Waals surface area contributed by atoms with Crippen molar-refractivity contribution < 1.29 is 4.52 Å². The lowest BCUT2D eigenvalue weighted by molar-refractivity contribution is 0.338. The van der Waals surface area contributed by atoms with E-state index >= 15 is 0 Å². The first kappa shape index (κ1) is 10.6. The van der Waals surface area contributed by atoms with Crippen molar-refractivity contribution in [2.24, 2.45) is 5.41 Å². The van der Waals surface area contributed by atoms with Gasteiger partial charge in [0.2, 0.25) is 5.89 Å². The molecule has 1 N–H and O–H groups in total. The number of aromatic nitrogens is 2. The Balaban J connectivity index is 2.05. The summed E-state index contributed by atoms with van der Waals surface area (Å²) in [6.45, 7) is 9.49. The third kappa shape index (κ3) is 2.04. The fraction of sp³-hybridized carbons (Fsp3) is 0.818. The van der Waals surface area contributed by atoms with Crippen molar-refractivity contribution in [2.75, 3.05) is 6.54 Å². The molecule has 84 valence electrons. The highest BCUT2D eigenvalue weighted by Gasteiger charge is 2.49. The van der Waals surface area contributed by atoms with E-state index in [4.69, 9.17) is 4.52 Å². The van der Waals surface area contributed by atoms with E-state index in [-0.39, 0.29) is 6.04 Å². The van der Waals surface area contributed by atoms with Gasteiger partial charge < -0.3 is 9.84 Å². The topological polar surface area (TPSA) is 51.0 Å². The van der Waals surface area contributed by atoms with E-state index in [0.717, 1.165) is 12.4 Å². The first-order valence-corrected chi connectivity index (χ1v) is 5.61. The van der Waals surface area contributed by atoms with E-state index in [1.807, 2.05) is 6.92 Å². The van der Waals surface area contributed by atoms with Crippen LogP contribution in [0.15, 0.2) is 4.52 Å². The first-order valence-electron chi connectivity index (χ1n) is 5.61. The van der Waals surface area contributed by atoms with Gasteiger partial charge in [-0.25, -0.2) is 0 Å². The smallest absolute Gasteiger partial charge is 0.243 e. The number of nitrogens with one attached hydrogen (secondary N) is 1. The summed E-state index contributed by atoms with van der Waals surface area (Å²) in [4.78, 5) is 4.45. The molecule has 0 spiro atoms. The third-order valence-corrected chi connectivity index (χ3v) is 3.16. The maximum absolute atomic E-state index is 5.25. The molecule has 0 bridgehead atoms. The molecule has 0 aromatic carbocycles. The summed E-state index contributed by atoms with van der Waals surface area (Å²) in [6, 6.07) is 0.151. The Kier molecular flexibility index (Phi) is 2.54. The van der Waals surface area contributed by atoms with Crippen molar-refractivity contribution in [1.82, 2.24) is 15.5 Å². The minimum Gasteiger partial charge on any atom is -0.338 e. The monoisotopic (exact) mass is 209 g/mol. The van der Waals surface area contributed by atoms with Crippen LogP contribution >= 0.6 is 0 Å². The molecular weight excluding hydrogens is 190 g/mol. The summed E-state index contributed by atoms with van der Waals surface area (Å²) >= 11 is 0. The average molecular weight is 209 g/mol. The summed E-state index contributed by atoms with van der Waals surface area (Å²) in [7, 11) is 0.